The molecule has 92 valence electrons. The van der Waals surface area contributed by atoms with Crippen LogP contribution >= 0.6 is 23.4 Å². The summed E-state index contributed by atoms with van der Waals surface area (Å²) in [6.45, 7) is 0. The summed E-state index contributed by atoms with van der Waals surface area (Å²) >= 11 is 7.38. The Morgan fingerprint density at radius 1 is 1.22 bits per heavy atom. The van der Waals surface area contributed by atoms with Gasteiger partial charge >= 0.3 is 0 Å². The quantitative estimate of drug-likeness (QED) is 0.687. The van der Waals surface area contributed by atoms with Crippen molar-refractivity contribution >= 4 is 35.1 Å². The van der Waals surface area contributed by atoms with Gasteiger partial charge < -0.3 is 5.32 Å². The number of nitrogens with one attached hydrogen (secondary N) is 1. The molecule has 0 unspecified atom stereocenters. The molecule has 0 aliphatic heterocycles. The lowest BCUT2D eigenvalue weighted by atomic mass is 10.2. The minimum atomic E-state index is -0.197. The standard InChI is InChI=1S/C13H11ClN2OS/c1-18-10-7-5-9(6-8-10)13(17)16-12-4-2-3-11(14)15-12/h2-8H,1H3,(H,15,16,17). The molecule has 0 bridgehead atoms. The Morgan fingerprint density at radius 2 is 1.94 bits per heavy atom. The molecule has 1 N–H and O–H groups in total. The van der Waals surface area contributed by atoms with E-state index in [2.05, 4.69) is 10.3 Å². The summed E-state index contributed by atoms with van der Waals surface area (Å²) in [6, 6.07) is 12.5. The number of hydrogen-bond acceptors (Lipinski definition) is 3. The average Bonchev–Trinajstić information content (AvgIpc) is 2.39. The molecule has 18 heavy (non-hydrogen) atoms. The van der Waals surface area contributed by atoms with E-state index in [1.54, 1.807) is 42.1 Å². The molecule has 2 rings (SSSR count). The predicted octanol–water partition coefficient (Wildman–Crippen LogP) is 3.71. The summed E-state index contributed by atoms with van der Waals surface area (Å²) < 4.78 is 0. The fourth-order valence-corrected chi connectivity index (χ4v) is 1.98. The number of anilines is 1. The van der Waals surface area contributed by atoms with Crippen molar-refractivity contribution in [1.29, 1.82) is 0 Å². The normalized spacial score (nSPS) is 10.1. The minimum Gasteiger partial charge on any atom is -0.307 e. The van der Waals surface area contributed by atoms with Gasteiger partial charge in [0.05, 0.1) is 0 Å². The summed E-state index contributed by atoms with van der Waals surface area (Å²) in [7, 11) is 0. The Bertz CT molecular complexity index is 557. The molecule has 0 spiro atoms. The van der Waals surface area contributed by atoms with Gasteiger partial charge in [0, 0.05) is 10.5 Å². The fourth-order valence-electron chi connectivity index (χ4n) is 1.41. The van der Waals surface area contributed by atoms with Gasteiger partial charge in [-0.3, -0.25) is 4.79 Å². The highest BCUT2D eigenvalue weighted by Gasteiger charge is 2.06. The number of aromatic nitrogens is 1. The van der Waals surface area contributed by atoms with E-state index in [0.717, 1.165) is 4.90 Å². The number of rotatable bonds is 3. The van der Waals surface area contributed by atoms with Crippen LogP contribution < -0.4 is 5.32 Å². The van der Waals surface area contributed by atoms with Crippen LogP contribution in [-0.4, -0.2) is 17.1 Å². The Labute approximate surface area is 115 Å². The van der Waals surface area contributed by atoms with Crippen molar-refractivity contribution in [3.8, 4) is 0 Å². The van der Waals surface area contributed by atoms with Crippen molar-refractivity contribution < 1.29 is 4.79 Å². The predicted molar refractivity (Wildman–Crippen MR) is 75.4 cm³/mol. The molecule has 0 aliphatic carbocycles. The van der Waals surface area contributed by atoms with Crippen LogP contribution in [0, 0.1) is 0 Å². The summed E-state index contributed by atoms with van der Waals surface area (Å²) in [5.74, 6) is 0.249. The van der Waals surface area contributed by atoms with Gasteiger partial charge in [-0.05, 0) is 42.7 Å². The van der Waals surface area contributed by atoms with Crippen molar-refractivity contribution in [2.75, 3.05) is 11.6 Å². The van der Waals surface area contributed by atoms with Crippen molar-refractivity contribution in [3.63, 3.8) is 0 Å². The second-order valence-corrected chi connectivity index (χ2v) is 4.80. The van der Waals surface area contributed by atoms with Crippen molar-refractivity contribution in [1.82, 2.24) is 4.98 Å². The zero-order chi connectivity index (χ0) is 13.0. The Hall–Kier alpha value is -1.52. The number of amides is 1. The number of carbonyl (C=O) groups excluding carboxylic acids is 1. The summed E-state index contributed by atoms with van der Waals surface area (Å²) in [6.07, 6.45) is 1.99. The second-order valence-electron chi connectivity index (χ2n) is 3.53. The Balaban J connectivity index is 2.11. The van der Waals surface area contributed by atoms with E-state index >= 15 is 0 Å². The van der Waals surface area contributed by atoms with Crippen LogP contribution in [0.2, 0.25) is 5.15 Å². The van der Waals surface area contributed by atoms with Crippen LogP contribution in [0.4, 0.5) is 5.82 Å². The van der Waals surface area contributed by atoms with Gasteiger partial charge in [-0.2, -0.15) is 0 Å². The van der Waals surface area contributed by atoms with Crippen LogP contribution in [0.3, 0.4) is 0 Å². The van der Waals surface area contributed by atoms with Crippen LogP contribution in [-0.2, 0) is 0 Å². The highest BCUT2D eigenvalue weighted by molar-refractivity contribution is 7.98. The van der Waals surface area contributed by atoms with Gasteiger partial charge in [-0.25, -0.2) is 4.98 Å². The highest BCUT2D eigenvalue weighted by Crippen LogP contribution is 2.16. The van der Waals surface area contributed by atoms with E-state index in [1.807, 2.05) is 18.4 Å². The number of thioether (sulfide) groups is 1. The van der Waals surface area contributed by atoms with Gasteiger partial charge in [0.25, 0.3) is 5.91 Å². The number of nitrogens with zero attached hydrogens (tertiary/aromatic N) is 1. The molecule has 0 saturated heterocycles. The molecule has 0 atom stereocenters. The first-order valence-corrected chi connectivity index (χ1v) is 6.87. The van der Waals surface area contributed by atoms with E-state index in [9.17, 15) is 4.79 Å². The first kappa shape index (κ1) is 12.9. The Kier molecular flexibility index (Phi) is 4.23. The van der Waals surface area contributed by atoms with E-state index in [0.29, 0.717) is 16.5 Å². The third-order valence-corrected chi connectivity index (χ3v) is 3.26. The van der Waals surface area contributed by atoms with E-state index in [4.69, 9.17) is 11.6 Å². The summed E-state index contributed by atoms with van der Waals surface area (Å²) in [4.78, 5) is 17.0. The molecule has 0 fully saturated rings. The van der Waals surface area contributed by atoms with Gasteiger partial charge in [0.15, 0.2) is 0 Å². The van der Waals surface area contributed by atoms with Crippen molar-refractivity contribution in [2.45, 2.75) is 4.90 Å². The third-order valence-electron chi connectivity index (χ3n) is 2.31. The molecule has 0 aliphatic rings. The topological polar surface area (TPSA) is 42.0 Å². The molecule has 5 heteroatoms. The maximum Gasteiger partial charge on any atom is 0.256 e. The van der Waals surface area contributed by atoms with Crippen LogP contribution in [0.1, 0.15) is 10.4 Å². The molecule has 0 radical (unpaired) electrons. The largest absolute Gasteiger partial charge is 0.307 e. The van der Waals surface area contributed by atoms with Crippen LogP contribution in [0.15, 0.2) is 47.4 Å². The minimum absolute atomic E-state index is 0.197. The Morgan fingerprint density at radius 3 is 2.56 bits per heavy atom. The number of pyridine rings is 1. The molecule has 1 amide bonds. The number of halogens is 1. The monoisotopic (exact) mass is 278 g/mol. The number of carbonyl (C=O) groups is 1. The first-order chi connectivity index (χ1) is 8.69. The lowest BCUT2D eigenvalue weighted by Gasteiger charge is -2.05. The van der Waals surface area contributed by atoms with E-state index in [1.165, 1.54) is 0 Å². The van der Waals surface area contributed by atoms with E-state index in [-0.39, 0.29) is 5.91 Å². The van der Waals surface area contributed by atoms with Gasteiger partial charge in [-0.15, -0.1) is 11.8 Å². The smallest absolute Gasteiger partial charge is 0.256 e. The van der Waals surface area contributed by atoms with Crippen molar-refractivity contribution in [3.05, 3.63) is 53.2 Å². The van der Waals surface area contributed by atoms with Gasteiger partial charge in [-0.1, -0.05) is 17.7 Å². The van der Waals surface area contributed by atoms with E-state index < -0.39 is 0 Å². The van der Waals surface area contributed by atoms with Crippen molar-refractivity contribution in [2.24, 2.45) is 0 Å². The first-order valence-electron chi connectivity index (χ1n) is 5.27. The molecule has 1 aromatic heterocycles. The average molecular weight is 279 g/mol. The zero-order valence-electron chi connectivity index (χ0n) is 9.68. The maximum absolute atomic E-state index is 11.9. The summed E-state index contributed by atoms with van der Waals surface area (Å²) in [5, 5.41) is 3.05. The number of benzene rings is 1. The second kappa shape index (κ2) is 5.89. The lowest BCUT2D eigenvalue weighted by Crippen LogP contribution is -2.12. The third kappa shape index (κ3) is 3.24. The maximum atomic E-state index is 11.9. The molecule has 1 heterocycles. The van der Waals surface area contributed by atoms with Crippen LogP contribution in [0.5, 0.6) is 0 Å². The highest BCUT2D eigenvalue weighted by atomic mass is 35.5. The van der Waals surface area contributed by atoms with Gasteiger partial charge in [0.1, 0.15) is 11.0 Å². The number of hydrogen-bond donors (Lipinski definition) is 1. The lowest BCUT2D eigenvalue weighted by molar-refractivity contribution is 0.102. The molecule has 1 aromatic carbocycles. The van der Waals surface area contributed by atoms with Gasteiger partial charge in [0.2, 0.25) is 0 Å². The molecular weight excluding hydrogens is 268 g/mol. The molecule has 0 saturated carbocycles. The fraction of sp³-hybridized carbons (Fsp3) is 0.0769. The zero-order valence-corrected chi connectivity index (χ0v) is 11.3. The molecule has 2 aromatic rings. The summed E-state index contributed by atoms with van der Waals surface area (Å²) in [5.41, 5.74) is 0.592. The SMILES string of the molecule is CSc1ccc(C(=O)Nc2cccc(Cl)n2)cc1. The molecule has 3 nitrogen and oxygen atoms in total. The van der Waals surface area contributed by atoms with Crippen LogP contribution in [0.25, 0.3) is 0 Å². The molecular formula is C13H11ClN2OS.